The van der Waals surface area contributed by atoms with Crippen LogP contribution < -0.4 is 5.32 Å². The molecule has 0 radical (unpaired) electrons. The van der Waals surface area contributed by atoms with Crippen molar-refractivity contribution in [3.05, 3.63) is 71.1 Å². The minimum absolute atomic E-state index is 0.000636. The Kier molecular flexibility index (Phi) is 6.90. The number of sulfonamides is 1. The summed E-state index contributed by atoms with van der Waals surface area (Å²) in [7, 11) is -3.56. The molecule has 0 bridgehead atoms. The van der Waals surface area contributed by atoms with Crippen LogP contribution in [0, 0.1) is 5.92 Å². The van der Waals surface area contributed by atoms with Crippen LogP contribution >= 0.6 is 0 Å². The number of nitrogens with zero attached hydrogens (tertiary/aromatic N) is 3. The molecule has 174 valence electrons. The van der Waals surface area contributed by atoms with Crippen LogP contribution in [0.1, 0.15) is 54.1 Å². The van der Waals surface area contributed by atoms with Gasteiger partial charge in [-0.2, -0.15) is 4.31 Å². The van der Waals surface area contributed by atoms with E-state index in [9.17, 15) is 13.2 Å². The molecule has 1 fully saturated rings. The van der Waals surface area contributed by atoms with Gasteiger partial charge in [-0.1, -0.05) is 43.2 Å². The molecule has 0 saturated carbocycles. The number of amides is 1. The molecule has 2 heterocycles. The normalized spacial score (nSPS) is 15.5. The highest BCUT2D eigenvalue weighted by atomic mass is 32.2. The zero-order valence-electron chi connectivity index (χ0n) is 18.8. The number of hydrogen-bond acceptors (Lipinski definition) is 6. The molecule has 1 aromatic heterocycles. The van der Waals surface area contributed by atoms with Crippen LogP contribution in [0.25, 0.3) is 0 Å². The first-order chi connectivity index (χ1) is 15.8. The summed E-state index contributed by atoms with van der Waals surface area (Å²) in [6, 6.07) is 14.0. The maximum Gasteiger partial charge on any atom is 0.322 e. The maximum atomic E-state index is 12.8. The molecular formula is C24H28N4O4S. The van der Waals surface area contributed by atoms with Crippen LogP contribution in [0.4, 0.5) is 6.01 Å². The summed E-state index contributed by atoms with van der Waals surface area (Å²) >= 11 is 0. The molecule has 3 aromatic rings. The number of benzene rings is 2. The maximum absolute atomic E-state index is 12.8. The average Bonchev–Trinajstić information content (AvgIpc) is 3.26. The first-order valence-corrected chi connectivity index (χ1v) is 12.6. The van der Waals surface area contributed by atoms with Gasteiger partial charge in [0.25, 0.3) is 5.91 Å². The molecular weight excluding hydrogens is 440 g/mol. The second-order valence-electron chi connectivity index (χ2n) is 8.41. The second-order valence-corrected chi connectivity index (χ2v) is 10.4. The molecule has 4 rings (SSSR count). The lowest BCUT2D eigenvalue weighted by atomic mass is 10.0. The van der Waals surface area contributed by atoms with Crippen molar-refractivity contribution in [3.8, 4) is 0 Å². The number of nitrogens with one attached hydrogen (secondary N) is 1. The van der Waals surface area contributed by atoms with Gasteiger partial charge in [0.1, 0.15) is 0 Å². The van der Waals surface area contributed by atoms with E-state index in [4.69, 9.17) is 4.42 Å². The predicted octanol–water partition coefficient (Wildman–Crippen LogP) is 3.90. The van der Waals surface area contributed by atoms with Gasteiger partial charge in [0.05, 0.1) is 11.3 Å². The van der Waals surface area contributed by atoms with E-state index in [0.29, 0.717) is 36.9 Å². The number of rotatable bonds is 7. The molecule has 9 heteroatoms. The van der Waals surface area contributed by atoms with E-state index < -0.39 is 15.9 Å². The van der Waals surface area contributed by atoms with Crippen molar-refractivity contribution in [1.82, 2.24) is 14.5 Å². The van der Waals surface area contributed by atoms with Crippen molar-refractivity contribution in [2.45, 2.75) is 44.4 Å². The number of piperidine rings is 1. The van der Waals surface area contributed by atoms with Crippen molar-refractivity contribution < 1.29 is 17.6 Å². The number of carbonyl (C=O) groups is 1. The summed E-state index contributed by atoms with van der Waals surface area (Å²) in [5, 5.41) is 10.4. The number of aromatic nitrogens is 2. The van der Waals surface area contributed by atoms with Crippen LogP contribution in [0.3, 0.4) is 0 Å². The fourth-order valence-corrected chi connectivity index (χ4v) is 5.23. The monoisotopic (exact) mass is 468 g/mol. The zero-order valence-corrected chi connectivity index (χ0v) is 19.6. The summed E-state index contributed by atoms with van der Waals surface area (Å²) in [5.74, 6) is 0.481. The van der Waals surface area contributed by atoms with Crippen molar-refractivity contribution in [2.24, 2.45) is 5.92 Å². The number of hydrogen-bond donors (Lipinski definition) is 1. The highest BCUT2D eigenvalue weighted by molar-refractivity contribution is 7.89. The van der Waals surface area contributed by atoms with Crippen LogP contribution in [0.15, 0.2) is 57.8 Å². The fourth-order valence-electron chi connectivity index (χ4n) is 3.76. The van der Waals surface area contributed by atoms with E-state index in [0.717, 1.165) is 24.8 Å². The lowest BCUT2D eigenvalue weighted by molar-refractivity contribution is 0.102. The molecule has 0 spiro atoms. The standard InChI is InChI=1S/C24H28N4O4S/c1-3-18-4-6-19(7-5-18)16-22-26-27-24(32-22)25-23(29)20-8-10-21(11-9-20)33(30,31)28-14-12-17(2)13-15-28/h4-11,17H,3,12-16H2,1-2H3,(H,25,27,29). The smallest absolute Gasteiger partial charge is 0.322 e. The average molecular weight is 469 g/mol. The van der Waals surface area contributed by atoms with Gasteiger partial charge in [-0.15, -0.1) is 5.10 Å². The Balaban J connectivity index is 1.38. The van der Waals surface area contributed by atoms with Crippen molar-refractivity contribution in [2.75, 3.05) is 18.4 Å². The molecule has 1 aliphatic rings. The van der Waals surface area contributed by atoms with E-state index >= 15 is 0 Å². The van der Waals surface area contributed by atoms with Gasteiger partial charge in [0.2, 0.25) is 15.9 Å². The van der Waals surface area contributed by atoms with E-state index in [2.05, 4.69) is 41.5 Å². The minimum atomic E-state index is -3.56. The van der Waals surface area contributed by atoms with Crippen LogP contribution in [0.5, 0.6) is 0 Å². The van der Waals surface area contributed by atoms with Crippen LogP contribution in [-0.4, -0.2) is 41.9 Å². The third kappa shape index (κ3) is 5.48. The molecule has 0 aliphatic carbocycles. The molecule has 1 aliphatic heterocycles. The van der Waals surface area contributed by atoms with Crippen LogP contribution in [0.2, 0.25) is 0 Å². The summed E-state index contributed by atoms with van der Waals surface area (Å²) in [5.41, 5.74) is 2.59. The van der Waals surface area contributed by atoms with Gasteiger partial charge in [-0.3, -0.25) is 10.1 Å². The summed E-state index contributed by atoms with van der Waals surface area (Å²) in [6.45, 7) is 5.28. The Morgan fingerprint density at radius 2 is 1.67 bits per heavy atom. The van der Waals surface area contributed by atoms with Crippen molar-refractivity contribution in [1.29, 1.82) is 0 Å². The van der Waals surface area contributed by atoms with Crippen molar-refractivity contribution >= 4 is 21.9 Å². The SMILES string of the molecule is CCc1ccc(Cc2nnc(NC(=O)c3ccc(S(=O)(=O)N4CCC(C)CC4)cc3)o2)cc1. The molecule has 0 atom stereocenters. The van der Waals surface area contributed by atoms with Crippen molar-refractivity contribution in [3.63, 3.8) is 0 Å². The molecule has 33 heavy (non-hydrogen) atoms. The van der Waals surface area contributed by atoms with Gasteiger partial charge in [-0.25, -0.2) is 8.42 Å². The number of anilines is 1. The highest BCUT2D eigenvalue weighted by Crippen LogP contribution is 2.24. The lowest BCUT2D eigenvalue weighted by Gasteiger charge is -2.29. The number of aryl methyl sites for hydroxylation is 1. The Morgan fingerprint density at radius 3 is 2.30 bits per heavy atom. The van der Waals surface area contributed by atoms with E-state index in [1.165, 1.54) is 34.1 Å². The van der Waals surface area contributed by atoms with Gasteiger partial charge < -0.3 is 4.42 Å². The van der Waals surface area contributed by atoms with Gasteiger partial charge in [-0.05, 0) is 60.6 Å². The molecule has 1 N–H and O–H groups in total. The van der Waals surface area contributed by atoms with Gasteiger partial charge >= 0.3 is 6.01 Å². The lowest BCUT2D eigenvalue weighted by Crippen LogP contribution is -2.37. The Labute approximate surface area is 194 Å². The predicted molar refractivity (Wildman–Crippen MR) is 124 cm³/mol. The van der Waals surface area contributed by atoms with Gasteiger partial charge in [0, 0.05) is 18.7 Å². The molecule has 0 unspecified atom stereocenters. The topological polar surface area (TPSA) is 105 Å². The molecule has 2 aromatic carbocycles. The first-order valence-electron chi connectivity index (χ1n) is 11.2. The first kappa shape index (κ1) is 23.1. The van der Waals surface area contributed by atoms with Crippen LogP contribution in [-0.2, 0) is 22.9 Å². The molecule has 1 amide bonds. The van der Waals surface area contributed by atoms with Gasteiger partial charge in [0.15, 0.2) is 0 Å². The van der Waals surface area contributed by atoms with E-state index in [-0.39, 0.29) is 10.9 Å². The second kappa shape index (κ2) is 9.84. The number of carbonyl (C=O) groups excluding carboxylic acids is 1. The summed E-state index contributed by atoms with van der Waals surface area (Å²) in [6.07, 6.45) is 3.15. The summed E-state index contributed by atoms with van der Waals surface area (Å²) < 4.78 is 32.8. The molecule has 8 nitrogen and oxygen atoms in total. The molecule has 1 saturated heterocycles. The van der Waals surface area contributed by atoms with E-state index in [1.54, 1.807) is 0 Å². The third-order valence-electron chi connectivity index (χ3n) is 5.97. The Bertz CT molecular complexity index is 1200. The fraction of sp³-hybridized carbons (Fsp3) is 0.375. The zero-order chi connectivity index (χ0) is 23.4. The summed E-state index contributed by atoms with van der Waals surface area (Å²) in [4.78, 5) is 12.7. The highest BCUT2D eigenvalue weighted by Gasteiger charge is 2.28. The largest absolute Gasteiger partial charge is 0.407 e. The Morgan fingerprint density at radius 1 is 1.03 bits per heavy atom. The third-order valence-corrected chi connectivity index (χ3v) is 7.88. The quantitative estimate of drug-likeness (QED) is 0.564. The van der Waals surface area contributed by atoms with E-state index in [1.807, 2.05) is 12.1 Å². The minimum Gasteiger partial charge on any atom is -0.407 e. The Hall–Kier alpha value is -3.04.